The fourth-order valence-electron chi connectivity index (χ4n) is 3.52. The summed E-state index contributed by atoms with van der Waals surface area (Å²) in [5.74, 6) is -0.231. The molecule has 2 atom stereocenters. The van der Waals surface area contributed by atoms with Gasteiger partial charge in [0.05, 0.1) is 16.8 Å². The number of carbonyl (C=O) groups is 1. The lowest BCUT2D eigenvalue weighted by molar-refractivity contribution is 0.0950. The molecule has 28 heavy (non-hydrogen) atoms. The molecule has 1 aliphatic heterocycles. The van der Waals surface area contributed by atoms with Crippen molar-refractivity contribution in [3.05, 3.63) is 70.1 Å². The fourth-order valence-corrected chi connectivity index (χ4v) is 3.52. The maximum atomic E-state index is 13.2. The van der Waals surface area contributed by atoms with E-state index in [0.29, 0.717) is 36.1 Å². The zero-order valence-corrected chi connectivity index (χ0v) is 15.5. The van der Waals surface area contributed by atoms with Crippen molar-refractivity contribution >= 4 is 16.7 Å². The Hall–Kier alpha value is -3.06. The summed E-state index contributed by atoms with van der Waals surface area (Å²) < 4.78 is 14.5. The number of halogens is 1. The molecule has 2 heterocycles. The minimum atomic E-state index is -0.850. The van der Waals surface area contributed by atoms with E-state index in [1.54, 1.807) is 30.3 Å². The van der Waals surface area contributed by atoms with Crippen molar-refractivity contribution in [3.63, 3.8) is 0 Å². The summed E-state index contributed by atoms with van der Waals surface area (Å²) in [5, 5.41) is 11.7. The maximum Gasteiger partial charge on any atom is 0.279 e. The van der Waals surface area contributed by atoms with E-state index < -0.39 is 6.17 Å². The van der Waals surface area contributed by atoms with Crippen molar-refractivity contribution in [2.45, 2.75) is 25.6 Å². The van der Waals surface area contributed by atoms with Gasteiger partial charge in [0.2, 0.25) is 0 Å². The molecular weight excluding hydrogens is 359 g/mol. The van der Waals surface area contributed by atoms with Gasteiger partial charge < -0.3 is 10.6 Å². The van der Waals surface area contributed by atoms with Gasteiger partial charge in [-0.05, 0) is 43.7 Å². The Morgan fingerprint density at radius 1 is 1.21 bits per heavy atom. The lowest BCUT2D eigenvalue weighted by Gasteiger charge is -2.12. The van der Waals surface area contributed by atoms with Crippen molar-refractivity contribution in [1.29, 1.82) is 0 Å². The fraction of sp³-hybridized carbons (Fsp3) is 0.286. The van der Waals surface area contributed by atoms with E-state index >= 15 is 0 Å². The summed E-state index contributed by atoms with van der Waals surface area (Å²) >= 11 is 0. The van der Waals surface area contributed by atoms with Crippen molar-refractivity contribution in [3.8, 4) is 5.69 Å². The molecule has 1 aromatic heterocycles. The molecule has 6 nitrogen and oxygen atoms in total. The summed E-state index contributed by atoms with van der Waals surface area (Å²) in [6.07, 6.45) is -0.438. The van der Waals surface area contributed by atoms with Gasteiger partial charge in [-0.15, -0.1) is 0 Å². The molecule has 0 aliphatic carbocycles. The quantitative estimate of drug-likeness (QED) is 0.727. The molecule has 2 aromatic carbocycles. The zero-order chi connectivity index (χ0) is 19.7. The number of amides is 1. The first-order valence-corrected chi connectivity index (χ1v) is 9.27. The third-order valence-electron chi connectivity index (χ3n) is 5.04. The van der Waals surface area contributed by atoms with Gasteiger partial charge >= 0.3 is 0 Å². The first kappa shape index (κ1) is 18.3. The Bertz CT molecular complexity index is 1080. The van der Waals surface area contributed by atoms with Crippen molar-refractivity contribution in [2.24, 2.45) is 0 Å². The van der Waals surface area contributed by atoms with Gasteiger partial charge in [0, 0.05) is 30.1 Å². The van der Waals surface area contributed by atoms with E-state index in [1.165, 1.54) is 4.68 Å². The normalized spacial score (nSPS) is 19.1. The Morgan fingerprint density at radius 2 is 1.93 bits per heavy atom. The van der Waals surface area contributed by atoms with E-state index in [9.17, 15) is 14.0 Å². The van der Waals surface area contributed by atoms with Gasteiger partial charge in [0.25, 0.3) is 11.5 Å². The minimum Gasteiger partial charge on any atom is -0.350 e. The van der Waals surface area contributed by atoms with Gasteiger partial charge in [0.1, 0.15) is 6.17 Å². The van der Waals surface area contributed by atoms with Gasteiger partial charge in [0.15, 0.2) is 0 Å². The van der Waals surface area contributed by atoms with Crippen LogP contribution in [0.15, 0.2) is 53.3 Å². The first-order valence-electron chi connectivity index (χ1n) is 9.27. The van der Waals surface area contributed by atoms with E-state index in [0.717, 1.165) is 11.1 Å². The summed E-state index contributed by atoms with van der Waals surface area (Å²) in [5.41, 5.74) is 1.62. The highest BCUT2D eigenvalue weighted by Crippen LogP contribution is 2.15. The van der Waals surface area contributed by atoms with Gasteiger partial charge in [-0.1, -0.05) is 18.2 Å². The Balaban J connectivity index is 1.53. The highest BCUT2D eigenvalue weighted by molar-refractivity contribution is 5.94. The Kier molecular flexibility index (Phi) is 4.92. The van der Waals surface area contributed by atoms with Crippen LogP contribution in [0, 0.1) is 6.92 Å². The van der Waals surface area contributed by atoms with E-state index in [2.05, 4.69) is 15.7 Å². The molecule has 1 fully saturated rings. The highest BCUT2D eigenvalue weighted by atomic mass is 19.1. The molecule has 0 bridgehead atoms. The van der Waals surface area contributed by atoms with E-state index in [4.69, 9.17) is 0 Å². The van der Waals surface area contributed by atoms with Crippen molar-refractivity contribution < 1.29 is 9.18 Å². The first-order chi connectivity index (χ1) is 13.5. The maximum absolute atomic E-state index is 13.2. The monoisotopic (exact) mass is 380 g/mol. The number of carbonyl (C=O) groups excluding carboxylic acids is 1. The number of nitrogens with one attached hydrogen (secondary N) is 2. The average Bonchev–Trinajstić information content (AvgIpc) is 3.14. The molecule has 4 rings (SSSR count). The predicted molar refractivity (Wildman–Crippen MR) is 106 cm³/mol. The molecule has 1 aliphatic rings. The van der Waals surface area contributed by atoms with Crippen molar-refractivity contribution in [1.82, 2.24) is 20.4 Å². The Labute approximate surface area is 161 Å². The van der Waals surface area contributed by atoms with Gasteiger partial charge in [-0.2, -0.15) is 9.78 Å². The number of aryl methyl sites for hydroxylation is 1. The topological polar surface area (TPSA) is 76.0 Å². The molecule has 1 saturated heterocycles. The molecule has 144 valence electrons. The standard InChI is InChI=1S/C21H21FN4O2/c1-13-18-4-2-3-5-19(18)21(28)26(25-13)17-8-6-14(7-9-17)20(27)24-12-16-10-15(22)11-23-16/h2-9,15-16,23H,10-12H2,1H3,(H,24,27). The van der Waals surface area contributed by atoms with Gasteiger partial charge in [-0.3, -0.25) is 9.59 Å². The average molecular weight is 380 g/mol. The second-order valence-corrected chi connectivity index (χ2v) is 7.04. The Morgan fingerprint density at radius 3 is 2.61 bits per heavy atom. The molecule has 0 radical (unpaired) electrons. The van der Waals surface area contributed by atoms with Crippen LogP contribution < -0.4 is 16.2 Å². The van der Waals surface area contributed by atoms with Crippen LogP contribution in [0.3, 0.4) is 0 Å². The number of hydrogen-bond acceptors (Lipinski definition) is 4. The van der Waals surface area contributed by atoms with Crippen LogP contribution in [0.4, 0.5) is 4.39 Å². The summed E-state index contributed by atoms with van der Waals surface area (Å²) in [7, 11) is 0. The summed E-state index contributed by atoms with van der Waals surface area (Å²) in [6.45, 7) is 2.58. The zero-order valence-electron chi connectivity index (χ0n) is 15.5. The second-order valence-electron chi connectivity index (χ2n) is 7.04. The van der Waals surface area contributed by atoms with Crippen LogP contribution in [-0.4, -0.2) is 41.0 Å². The smallest absolute Gasteiger partial charge is 0.279 e. The van der Waals surface area contributed by atoms with Crippen LogP contribution in [0.25, 0.3) is 16.5 Å². The number of hydrogen-bond donors (Lipinski definition) is 2. The van der Waals surface area contributed by atoms with Crippen LogP contribution >= 0.6 is 0 Å². The van der Waals surface area contributed by atoms with Crippen molar-refractivity contribution in [2.75, 3.05) is 13.1 Å². The molecular formula is C21H21FN4O2. The van der Waals surface area contributed by atoms with Crippen LogP contribution in [-0.2, 0) is 0 Å². The summed E-state index contributed by atoms with van der Waals surface area (Å²) in [6, 6.07) is 14.0. The number of nitrogens with zero attached hydrogens (tertiary/aromatic N) is 2. The van der Waals surface area contributed by atoms with E-state index in [-0.39, 0.29) is 17.5 Å². The predicted octanol–water partition coefficient (Wildman–Crippen LogP) is 2.12. The lowest BCUT2D eigenvalue weighted by atomic mass is 10.1. The number of benzene rings is 2. The van der Waals surface area contributed by atoms with E-state index in [1.807, 2.05) is 25.1 Å². The lowest BCUT2D eigenvalue weighted by Crippen LogP contribution is -2.37. The molecule has 2 N–H and O–H groups in total. The van der Waals surface area contributed by atoms with Crippen LogP contribution in [0.2, 0.25) is 0 Å². The van der Waals surface area contributed by atoms with Gasteiger partial charge in [-0.25, -0.2) is 4.39 Å². The molecule has 1 amide bonds. The van der Waals surface area contributed by atoms with Crippen LogP contribution in [0.5, 0.6) is 0 Å². The third kappa shape index (κ3) is 3.53. The highest BCUT2D eigenvalue weighted by Gasteiger charge is 2.23. The number of rotatable bonds is 4. The molecule has 2 unspecified atom stereocenters. The molecule has 7 heteroatoms. The third-order valence-corrected chi connectivity index (χ3v) is 5.04. The minimum absolute atomic E-state index is 0.0402. The molecule has 0 spiro atoms. The molecule has 0 saturated carbocycles. The second kappa shape index (κ2) is 7.52. The summed E-state index contributed by atoms with van der Waals surface area (Å²) in [4.78, 5) is 25.1. The number of fused-ring (bicyclic) bond motifs is 1. The molecule has 3 aromatic rings. The number of aromatic nitrogens is 2. The SMILES string of the molecule is Cc1nn(-c2ccc(C(=O)NCC3CC(F)CN3)cc2)c(=O)c2ccccc12. The van der Waals surface area contributed by atoms with Crippen LogP contribution in [0.1, 0.15) is 22.5 Å². The largest absolute Gasteiger partial charge is 0.350 e. The number of alkyl halides is 1.